The molecule has 3 nitrogen and oxygen atoms in total. The highest BCUT2D eigenvalue weighted by Crippen LogP contribution is 2.31. The van der Waals surface area contributed by atoms with E-state index < -0.39 is 17.3 Å². The molecule has 26 heavy (non-hydrogen) atoms. The highest BCUT2D eigenvalue weighted by Gasteiger charge is 2.31. The van der Waals surface area contributed by atoms with Crippen LogP contribution in [-0.2, 0) is 12.7 Å². The van der Waals surface area contributed by atoms with Crippen molar-refractivity contribution in [3.05, 3.63) is 69.0 Å². The Morgan fingerprint density at radius 1 is 1.15 bits per heavy atom. The van der Waals surface area contributed by atoms with Gasteiger partial charge in [-0.25, -0.2) is 0 Å². The first-order valence-electron chi connectivity index (χ1n) is 7.78. The van der Waals surface area contributed by atoms with Gasteiger partial charge in [-0.3, -0.25) is 4.79 Å². The minimum Gasteiger partial charge on any atom is -0.316 e. The maximum atomic E-state index is 13.0. The number of hydrogen-bond donors (Lipinski definition) is 0. The number of alkyl halides is 3. The van der Waals surface area contributed by atoms with E-state index in [1.165, 1.54) is 17.8 Å². The topological polar surface area (TPSA) is 34.9 Å². The molecular weight excluding hydrogens is 385 g/mol. The molecule has 0 N–H and O–H groups in total. The van der Waals surface area contributed by atoms with Crippen molar-refractivity contribution in [3.8, 4) is 0 Å². The quantitative estimate of drug-likeness (QED) is 0.446. The number of thioether (sulfide) groups is 1. The van der Waals surface area contributed by atoms with E-state index in [0.717, 1.165) is 17.7 Å². The van der Waals surface area contributed by atoms with Crippen molar-refractivity contribution >= 4 is 34.3 Å². The maximum Gasteiger partial charge on any atom is 0.416 e. The number of nitrogens with zero attached hydrogens (tertiary/aromatic N) is 2. The van der Waals surface area contributed by atoms with Gasteiger partial charge < -0.3 is 4.57 Å². The number of halogens is 4. The molecule has 0 aliphatic carbocycles. The number of hydrogen-bond acceptors (Lipinski definition) is 3. The zero-order valence-corrected chi connectivity index (χ0v) is 15.3. The average Bonchev–Trinajstić information content (AvgIpc) is 2.59. The van der Waals surface area contributed by atoms with Crippen LogP contribution in [0.25, 0.3) is 10.9 Å². The van der Waals surface area contributed by atoms with Gasteiger partial charge in [0.05, 0.1) is 23.0 Å². The summed E-state index contributed by atoms with van der Waals surface area (Å²) in [6.45, 7) is 2.29. The van der Waals surface area contributed by atoms with E-state index in [9.17, 15) is 18.0 Å². The molecule has 0 fully saturated rings. The SMILES string of the molecule is CCSc1nc(=O)c2cc(C(F)(F)F)ccc2n1Cc1ccc(Cl)cc1. The Morgan fingerprint density at radius 2 is 1.85 bits per heavy atom. The second-order valence-electron chi connectivity index (χ2n) is 5.57. The van der Waals surface area contributed by atoms with Crippen molar-refractivity contribution in [2.24, 2.45) is 0 Å². The zero-order chi connectivity index (χ0) is 18.9. The van der Waals surface area contributed by atoms with Crippen LogP contribution < -0.4 is 5.56 Å². The highest BCUT2D eigenvalue weighted by atomic mass is 35.5. The lowest BCUT2D eigenvalue weighted by Gasteiger charge is -2.16. The molecule has 0 bridgehead atoms. The zero-order valence-electron chi connectivity index (χ0n) is 13.7. The lowest BCUT2D eigenvalue weighted by Crippen LogP contribution is -2.18. The summed E-state index contributed by atoms with van der Waals surface area (Å²) in [4.78, 5) is 16.3. The van der Waals surface area contributed by atoms with E-state index >= 15 is 0 Å². The third-order valence-electron chi connectivity index (χ3n) is 3.80. The molecule has 8 heteroatoms. The molecule has 0 saturated heterocycles. The Hall–Kier alpha value is -1.99. The van der Waals surface area contributed by atoms with E-state index in [0.29, 0.717) is 28.0 Å². The fourth-order valence-corrected chi connectivity index (χ4v) is 3.44. The smallest absolute Gasteiger partial charge is 0.316 e. The van der Waals surface area contributed by atoms with Gasteiger partial charge in [0.1, 0.15) is 0 Å². The molecule has 3 rings (SSSR count). The monoisotopic (exact) mass is 398 g/mol. The van der Waals surface area contributed by atoms with Crippen molar-refractivity contribution < 1.29 is 13.2 Å². The number of benzene rings is 2. The van der Waals surface area contributed by atoms with E-state index in [1.807, 2.05) is 19.1 Å². The first-order chi connectivity index (χ1) is 12.3. The third-order valence-corrected chi connectivity index (χ3v) is 4.91. The van der Waals surface area contributed by atoms with Crippen molar-refractivity contribution in [2.45, 2.75) is 24.8 Å². The lowest BCUT2D eigenvalue weighted by atomic mass is 10.1. The molecule has 0 aliphatic heterocycles. The predicted octanol–water partition coefficient (Wildman–Crippen LogP) is 5.23. The summed E-state index contributed by atoms with van der Waals surface area (Å²) < 4.78 is 40.7. The molecule has 1 aromatic heterocycles. The average molecular weight is 399 g/mol. The fraction of sp³-hybridized carbons (Fsp3) is 0.222. The minimum absolute atomic E-state index is 0.0470. The van der Waals surface area contributed by atoms with Gasteiger partial charge in [-0.1, -0.05) is 42.4 Å². The van der Waals surface area contributed by atoms with Gasteiger partial charge in [-0.05, 0) is 41.6 Å². The van der Waals surface area contributed by atoms with Crippen LogP contribution in [-0.4, -0.2) is 15.3 Å². The number of rotatable bonds is 4. The standard InChI is InChI=1S/C18H14ClF3N2OS/c1-2-26-17-23-16(25)14-9-12(18(20,21)22)5-8-15(14)24(17)10-11-3-6-13(19)7-4-11/h3-9H,2,10H2,1H3. The summed E-state index contributed by atoms with van der Waals surface area (Å²) in [5.74, 6) is 0.680. The summed E-state index contributed by atoms with van der Waals surface area (Å²) in [7, 11) is 0. The van der Waals surface area contributed by atoms with Gasteiger partial charge >= 0.3 is 6.18 Å². The van der Waals surface area contributed by atoms with E-state index in [4.69, 9.17) is 11.6 Å². The summed E-state index contributed by atoms with van der Waals surface area (Å²) in [6, 6.07) is 10.3. The van der Waals surface area contributed by atoms with Crippen molar-refractivity contribution in [3.63, 3.8) is 0 Å². The Kier molecular flexibility index (Phi) is 5.29. The van der Waals surface area contributed by atoms with E-state index in [-0.39, 0.29) is 5.39 Å². The number of aromatic nitrogens is 2. The van der Waals surface area contributed by atoms with Crippen molar-refractivity contribution in [1.82, 2.24) is 9.55 Å². The van der Waals surface area contributed by atoms with Gasteiger partial charge in [-0.2, -0.15) is 18.2 Å². The van der Waals surface area contributed by atoms with Crippen LogP contribution in [0.3, 0.4) is 0 Å². The summed E-state index contributed by atoms with van der Waals surface area (Å²) in [6.07, 6.45) is -4.52. The van der Waals surface area contributed by atoms with Crippen molar-refractivity contribution in [1.29, 1.82) is 0 Å². The Labute approximate surface area is 156 Å². The summed E-state index contributed by atoms with van der Waals surface area (Å²) >= 11 is 7.27. The Bertz CT molecular complexity index is 1000. The first kappa shape index (κ1) is 18.8. The number of fused-ring (bicyclic) bond motifs is 1. The molecule has 0 unspecified atom stereocenters. The van der Waals surface area contributed by atoms with Crippen LogP contribution in [0.4, 0.5) is 13.2 Å². The van der Waals surface area contributed by atoms with Crippen LogP contribution in [0.5, 0.6) is 0 Å². The molecule has 0 spiro atoms. The van der Waals surface area contributed by atoms with Gasteiger partial charge in [0, 0.05) is 5.02 Å². The summed E-state index contributed by atoms with van der Waals surface area (Å²) in [5.41, 5.74) is -0.199. The molecule has 3 aromatic rings. The normalized spacial score (nSPS) is 11.9. The predicted molar refractivity (Wildman–Crippen MR) is 98.0 cm³/mol. The second-order valence-corrected chi connectivity index (χ2v) is 7.24. The molecule has 0 saturated carbocycles. The molecule has 0 radical (unpaired) electrons. The van der Waals surface area contributed by atoms with Gasteiger partial charge in [0.2, 0.25) is 0 Å². The van der Waals surface area contributed by atoms with E-state index in [2.05, 4.69) is 4.98 Å². The fourth-order valence-electron chi connectivity index (χ4n) is 2.59. The second kappa shape index (κ2) is 7.32. The Morgan fingerprint density at radius 3 is 2.46 bits per heavy atom. The molecule has 136 valence electrons. The highest BCUT2D eigenvalue weighted by molar-refractivity contribution is 7.99. The molecule has 2 aromatic carbocycles. The van der Waals surface area contributed by atoms with Gasteiger partial charge in [0.25, 0.3) is 5.56 Å². The molecule has 1 heterocycles. The first-order valence-corrected chi connectivity index (χ1v) is 9.15. The van der Waals surface area contributed by atoms with E-state index in [1.54, 1.807) is 16.7 Å². The molecule has 0 aliphatic rings. The largest absolute Gasteiger partial charge is 0.416 e. The Balaban J connectivity index is 2.20. The van der Waals surface area contributed by atoms with Crippen LogP contribution >= 0.6 is 23.4 Å². The van der Waals surface area contributed by atoms with Crippen LogP contribution in [0.2, 0.25) is 5.02 Å². The van der Waals surface area contributed by atoms with Gasteiger partial charge in [0.15, 0.2) is 5.16 Å². The van der Waals surface area contributed by atoms with Crippen LogP contribution in [0, 0.1) is 0 Å². The van der Waals surface area contributed by atoms with Gasteiger partial charge in [-0.15, -0.1) is 0 Å². The van der Waals surface area contributed by atoms with Crippen LogP contribution in [0.15, 0.2) is 52.4 Å². The molecule has 0 atom stereocenters. The van der Waals surface area contributed by atoms with Crippen LogP contribution in [0.1, 0.15) is 18.1 Å². The summed E-state index contributed by atoms with van der Waals surface area (Å²) in [5, 5.41) is 1.02. The van der Waals surface area contributed by atoms with Crippen molar-refractivity contribution in [2.75, 3.05) is 5.75 Å². The molecule has 0 amide bonds. The third kappa shape index (κ3) is 3.88. The molecular formula is C18H14ClF3N2OS. The maximum absolute atomic E-state index is 13.0. The lowest BCUT2D eigenvalue weighted by molar-refractivity contribution is -0.137. The minimum atomic E-state index is -4.52.